The van der Waals surface area contributed by atoms with E-state index in [1.807, 2.05) is 18.1 Å². The largest absolute Gasteiger partial charge is 0.365 e. The number of nitrogens with zero attached hydrogens (tertiary/aromatic N) is 1. The normalized spacial score (nSPS) is 29.4. The smallest absolute Gasteiger partial charge is 0.0797 e. The number of hydrogen-bond donors (Lipinski definition) is 1. The Kier molecular flexibility index (Phi) is 1.02. The maximum atomic E-state index is 5.54. The topological polar surface area (TPSA) is 29.3 Å². The van der Waals surface area contributed by atoms with Crippen molar-refractivity contribution in [2.45, 2.75) is 12.6 Å². The van der Waals surface area contributed by atoms with Gasteiger partial charge in [0.1, 0.15) is 0 Å². The fourth-order valence-corrected chi connectivity index (χ4v) is 0.643. The van der Waals surface area contributed by atoms with E-state index in [4.69, 9.17) is 5.73 Å². The second-order valence-electron chi connectivity index (χ2n) is 1.85. The zero-order valence-electron chi connectivity index (χ0n) is 4.46. The summed E-state index contributed by atoms with van der Waals surface area (Å²) in [5, 5.41) is 0. The minimum atomic E-state index is 0.236. The van der Waals surface area contributed by atoms with E-state index in [2.05, 4.69) is 6.08 Å². The lowest BCUT2D eigenvalue weighted by molar-refractivity contribution is 0.367. The number of nitrogens with two attached hydrogens (primary N) is 1. The van der Waals surface area contributed by atoms with Gasteiger partial charge in [0.05, 0.1) is 6.17 Å². The van der Waals surface area contributed by atoms with Gasteiger partial charge in [0, 0.05) is 13.5 Å². The molecular weight excluding hydrogens is 88.1 g/mol. The van der Waals surface area contributed by atoms with E-state index in [0.717, 1.165) is 6.42 Å². The summed E-state index contributed by atoms with van der Waals surface area (Å²) in [5.74, 6) is 0. The summed E-state index contributed by atoms with van der Waals surface area (Å²) < 4.78 is 0. The second kappa shape index (κ2) is 1.54. The highest BCUT2D eigenvalue weighted by molar-refractivity contribution is 4.93. The Bertz CT molecular complexity index is 88.1. The summed E-state index contributed by atoms with van der Waals surface area (Å²) >= 11 is 0. The lowest BCUT2D eigenvalue weighted by Gasteiger charge is -2.14. The van der Waals surface area contributed by atoms with Gasteiger partial charge >= 0.3 is 0 Å². The average Bonchev–Trinajstić information content (AvgIpc) is 1.91. The summed E-state index contributed by atoms with van der Waals surface area (Å²) in [4.78, 5) is 2.00. The molecule has 7 heavy (non-hydrogen) atoms. The summed E-state index contributed by atoms with van der Waals surface area (Å²) in [5.41, 5.74) is 5.54. The van der Waals surface area contributed by atoms with Gasteiger partial charge in [-0.05, 0) is 6.20 Å². The molecule has 1 rings (SSSR count). The molecule has 0 saturated carbocycles. The van der Waals surface area contributed by atoms with Gasteiger partial charge in [0.15, 0.2) is 0 Å². The van der Waals surface area contributed by atoms with Crippen molar-refractivity contribution in [3.63, 3.8) is 0 Å². The fourth-order valence-electron chi connectivity index (χ4n) is 0.643. The zero-order chi connectivity index (χ0) is 5.28. The van der Waals surface area contributed by atoms with Gasteiger partial charge in [-0.2, -0.15) is 0 Å². The first kappa shape index (κ1) is 4.65. The Morgan fingerprint density at radius 3 is 2.71 bits per heavy atom. The summed E-state index contributed by atoms with van der Waals surface area (Å²) in [7, 11) is 1.98. The molecule has 2 N–H and O–H groups in total. The van der Waals surface area contributed by atoms with Gasteiger partial charge < -0.3 is 10.6 Å². The van der Waals surface area contributed by atoms with Crippen molar-refractivity contribution in [3.8, 4) is 0 Å². The van der Waals surface area contributed by atoms with Crippen LogP contribution in [0.3, 0.4) is 0 Å². The van der Waals surface area contributed by atoms with E-state index in [1.54, 1.807) is 0 Å². The summed E-state index contributed by atoms with van der Waals surface area (Å²) in [6, 6.07) is 0. The molecule has 0 fully saturated rings. The minimum absolute atomic E-state index is 0.236. The molecule has 0 bridgehead atoms. The standard InChI is InChI=1S/C5H10N2/c1-7-4-2-3-5(7)6/h2,4-5H,3,6H2,1H3. The Morgan fingerprint density at radius 1 is 1.86 bits per heavy atom. The molecule has 0 radical (unpaired) electrons. The van der Waals surface area contributed by atoms with Crippen LogP contribution in [0.25, 0.3) is 0 Å². The third-order valence-electron chi connectivity index (χ3n) is 1.24. The summed E-state index contributed by atoms with van der Waals surface area (Å²) in [6.45, 7) is 0. The molecule has 0 saturated heterocycles. The number of hydrogen-bond acceptors (Lipinski definition) is 2. The average molecular weight is 98.1 g/mol. The fraction of sp³-hybridized carbons (Fsp3) is 0.600. The van der Waals surface area contributed by atoms with Crippen LogP contribution < -0.4 is 5.73 Å². The van der Waals surface area contributed by atoms with Crippen molar-refractivity contribution in [3.05, 3.63) is 12.3 Å². The first-order chi connectivity index (χ1) is 3.30. The van der Waals surface area contributed by atoms with E-state index in [9.17, 15) is 0 Å². The monoisotopic (exact) mass is 98.1 g/mol. The molecule has 2 nitrogen and oxygen atoms in total. The van der Waals surface area contributed by atoms with Gasteiger partial charge in [0.2, 0.25) is 0 Å². The molecule has 0 aromatic carbocycles. The SMILES string of the molecule is CN1C=CCC1N. The second-order valence-corrected chi connectivity index (χ2v) is 1.85. The van der Waals surface area contributed by atoms with Crippen LogP contribution >= 0.6 is 0 Å². The molecule has 0 spiro atoms. The lowest BCUT2D eigenvalue weighted by atomic mass is 10.4. The predicted molar refractivity (Wildman–Crippen MR) is 29.5 cm³/mol. The van der Waals surface area contributed by atoms with E-state index in [0.29, 0.717) is 0 Å². The van der Waals surface area contributed by atoms with Gasteiger partial charge in [-0.15, -0.1) is 0 Å². The highest BCUT2D eigenvalue weighted by atomic mass is 15.2. The third-order valence-corrected chi connectivity index (χ3v) is 1.24. The van der Waals surface area contributed by atoms with Gasteiger partial charge in [0.25, 0.3) is 0 Å². The molecule has 2 heteroatoms. The molecular formula is C5H10N2. The molecule has 1 unspecified atom stereocenters. The van der Waals surface area contributed by atoms with Gasteiger partial charge in [-0.3, -0.25) is 0 Å². The van der Waals surface area contributed by atoms with E-state index in [1.165, 1.54) is 0 Å². The van der Waals surface area contributed by atoms with Crippen molar-refractivity contribution < 1.29 is 0 Å². The molecule has 0 aliphatic carbocycles. The molecule has 1 aliphatic rings. The van der Waals surface area contributed by atoms with E-state index >= 15 is 0 Å². The van der Waals surface area contributed by atoms with Crippen LogP contribution in [0.1, 0.15) is 6.42 Å². The first-order valence-corrected chi connectivity index (χ1v) is 2.45. The molecule has 1 atom stereocenters. The van der Waals surface area contributed by atoms with Crippen LogP contribution in [0.4, 0.5) is 0 Å². The maximum absolute atomic E-state index is 5.54. The van der Waals surface area contributed by atoms with Crippen molar-refractivity contribution >= 4 is 0 Å². The van der Waals surface area contributed by atoms with E-state index in [-0.39, 0.29) is 6.17 Å². The van der Waals surface area contributed by atoms with Gasteiger partial charge in [-0.25, -0.2) is 0 Å². The first-order valence-electron chi connectivity index (χ1n) is 2.45. The van der Waals surface area contributed by atoms with Crippen molar-refractivity contribution in [1.82, 2.24) is 4.90 Å². The Balaban J connectivity index is 2.45. The van der Waals surface area contributed by atoms with Crippen LogP contribution in [0.15, 0.2) is 12.3 Å². The van der Waals surface area contributed by atoms with Crippen LogP contribution in [0, 0.1) is 0 Å². The predicted octanol–water partition coefficient (Wildman–Crippen LogP) is 0.120. The van der Waals surface area contributed by atoms with Gasteiger partial charge in [-0.1, -0.05) is 6.08 Å². The van der Waals surface area contributed by atoms with Crippen molar-refractivity contribution in [2.75, 3.05) is 7.05 Å². The number of rotatable bonds is 0. The van der Waals surface area contributed by atoms with Crippen LogP contribution in [0.5, 0.6) is 0 Å². The molecule has 0 amide bonds. The third kappa shape index (κ3) is 0.747. The van der Waals surface area contributed by atoms with E-state index < -0.39 is 0 Å². The quantitative estimate of drug-likeness (QED) is 0.466. The summed E-state index contributed by atoms with van der Waals surface area (Å²) in [6.07, 6.45) is 5.31. The zero-order valence-corrected chi connectivity index (χ0v) is 4.46. The Hall–Kier alpha value is -0.500. The molecule has 1 heterocycles. The van der Waals surface area contributed by atoms with Crippen LogP contribution in [0.2, 0.25) is 0 Å². The van der Waals surface area contributed by atoms with Crippen LogP contribution in [-0.4, -0.2) is 18.1 Å². The molecule has 1 aliphatic heterocycles. The molecule has 0 aromatic rings. The highest BCUT2D eigenvalue weighted by Gasteiger charge is 2.07. The lowest BCUT2D eigenvalue weighted by Crippen LogP contribution is -2.31. The minimum Gasteiger partial charge on any atom is -0.365 e. The molecule has 40 valence electrons. The maximum Gasteiger partial charge on any atom is 0.0797 e. The van der Waals surface area contributed by atoms with Crippen LogP contribution in [-0.2, 0) is 0 Å². The molecule has 0 aromatic heterocycles. The highest BCUT2D eigenvalue weighted by Crippen LogP contribution is 2.04. The van der Waals surface area contributed by atoms with Crippen molar-refractivity contribution in [2.24, 2.45) is 5.73 Å². The Morgan fingerprint density at radius 2 is 2.57 bits per heavy atom. The van der Waals surface area contributed by atoms with Crippen molar-refractivity contribution in [1.29, 1.82) is 0 Å². The Labute approximate surface area is 43.6 Å².